The normalized spacial score (nSPS) is 12.7. The van der Waals surface area contributed by atoms with E-state index in [-0.39, 0.29) is 5.97 Å². The molecule has 1 atom stereocenters. The third-order valence-electron chi connectivity index (χ3n) is 1.97. The van der Waals surface area contributed by atoms with E-state index in [9.17, 15) is 4.79 Å². The van der Waals surface area contributed by atoms with Crippen LogP contribution in [-0.4, -0.2) is 30.7 Å². The van der Waals surface area contributed by atoms with Gasteiger partial charge in [0.2, 0.25) is 0 Å². The van der Waals surface area contributed by atoms with Crippen LogP contribution in [0.15, 0.2) is 18.4 Å². The maximum Gasteiger partial charge on any atom is 0.323 e. The first kappa shape index (κ1) is 15.9. The van der Waals surface area contributed by atoms with Crippen molar-refractivity contribution >= 4 is 5.97 Å². The molecule has 0 aromatic heterocycles. The summed E-state index contributed by atoms with van der Waals surface area (Å²) < 4.78 is 5.19. The SMILES string of the molecule is C=C=CCNCCCC(N)C(=O)OC(C)(C)C. The molecule has 3 N–H and O–H groups in total. The lowest BCUT2D eigenvalue weighted by Crippen LogP contribution is -2.37. The number of hydrogen-bond acceptors (Lipinski definition) is 4. The van der Waals surface area contributed by atoms with Gasteiger partial charge < -0.3 is 15.8 Å². The molecule has 0 rings (SSSR count). The zero-order chi connectivity index (χ0) is 13.3. The van der Waals surface area contributed by atoms with Crippen LogP contribution in [0.1, 0.15) is 33.6 Å². The van der Waals surface area contributed by atoms with Crippen molar-refractivity contribution in [3.05, 3.63) is 18.4 Å². The predicted octanol–water partition coefficient (Wildman–Crippen LogP) is 1.37. The molecule has 0 radical (unpaired) electrons. The van der Waals surface area contributed by atoms with E-state index in [0.717, 1.165) is 19.5 Å². The van der Waals surface area contributed by atoms with E-state index in [2.05, 4.69) is 17.6 Å². The summed E-state index contributed by atoms with van der Waals surface area (Å²) in [5.41, 5.74) is 7.94. The van der Waals surface area contributed by atoms with Crippen molar-refractivity contribution in [1.82, 2.24) is 5.32 Å². The van der Waals surface area contributed by atoms with E-state index in [1.807, 2.05) is 26.8 Å². The van der Waals surface area contributed by atoms with Gasteiger partial charge in [0.05, 0.1) is 0 Å². The molecular formula is C13H24N2O2. The zero-order valence-electron chi connectivity index (χ0n) is 11.1. The van der Waals surface area contributed by atoms with Gasteiger partial charge in [-0.3, -0.25) is 4.79 Å². The Balaban J connectivity index is 3.68. The van der Waals surface area contributed by atoms with Gasteiger partial charge in [-0.05, 0) is 46.2 Å². The average molecular weight is 240 g/mol. The minimum absolute atomic E-state index is 0.330. The molecule has 17 heavy (non-hydrogen) atoms. The molecule has 1 unspecified atom stereocenters. The van der Waals surface area contributed by atoms with Gasteiger partial charge in [0, 0.05) is 6.54 Å². The van der Waals surface area contributed by atoms with Gasteiger partial charge in [-0.2, -0.15) is 0 Å². The second kappa shape index (κ2) is 8.07. The van der Waals surface area contributed by atoms with E-state index in [0.29, 0.717) is 6.42 Å². The lowest BCUT2D eigenvalue weighted by molar-refractivity contribution is -0.156. The highest BCUT2D eigenvalue weighted by atomic mass is 16.6. The van der Waals surface area contributed by atoms with Crippen LogP contribution in [0.4, 0.5) is 0 Å². The quantitative estimate of drug-likeness (QED) is 0.401. The van der Waals surface area contributed by atoms with E-state index < -0.39 is 11.6 Å². The Kier molecular flexibility index (Phi) is 7.55. The van der Waals surface area contributed by atoms with Crippen LogP contribution in [-0.2, 0) is 9.53 Å². The Morgan fingerprint density at radius 1 is 1.59 bits per heavy atom. The molecule has 0 aliphatic rings. The fraction of sp³-hybridized carbons (Fsp3) is 0.692. The Labute approximate surface area is 104 Å². The van der Waals surface area contributed by atoms with E-state index in [4.69, 9.17) is 10.5 Å². The van der Waals surface area contributed by atoms with Gasteiger partial charge in [0.25, 0.3) is 0 Å². The van der Waals surface area contributed by atoms with Crippen LogP contribution in [0.2, 0.25) is 0 Å². The number of carbonyl (C=O) groups is 1. The first-order valence-corrected chi connectivity index (χ1v) is 5.90. The second-order valence-corrected chi connectivity index (χ2v) is 4.89. The van der Waals surface area contributed by atoms with Crippen LogP contribution in [0.25, 0.3) is 0 Å². The monoisotopic (exact) mass is 240 g/mol. The number of hydrogen-bond donors (Lipinski definition) is 2. The van der Waals surface area contributed by atoms with E-state index in [1.165, 1.54) is 0 Å². The van der Waals surface area contributed by atoms with Crippen LogP contribution in [0, 0.1) is 0 Å². The molecule has 98 valence electrons. The number of carbonyl (C=O) groups excluding carboxylic acids is 1. The first-order valence-electron chi connectivity index (χ1n) is 5.90. The molecule has 0 aromatic rings. The Morgan fingerprint density at radius 2 is 2.24 bits per heavy atom. The highest BCUT2D eigenvalue weighted by Crippen LogP contribution is 2.09. The average Bonchev–Trinajstić information content (AvgIpc) is 2.20. The van der Waals surface area contributed by atoms with Gasteiger partial charge in [-0.25, -0.2) is 0 Å². The zero-order valence-corrected chi connectivity index (χ0v) is 11.1. The third-order valence-corrected chi connectivity index (χ3v) is 1.97. The van der Waals surface area contributed by atoms with Crippen molar-refractivity contribution in [2.45, 2.75) is 45.3 Å². The van der Waals surface area contributed by atoms with Gasteiger partial charge in [0.1, 0.15) is 11.6 Å². The summed E-state index contributed by atoms with van der Waals surface area (Å²) in [6.45, 7) is 10.5. The largest absolute Gasteiger partial charge is 0.459 e. The summed E-state index contributed by atoms with van der Waals surface area (Å²) in [4.78, 5) is 11.5. The minimum atomic E-state index is -0.536. The predicted molar refractivity (Wildman–Crippen MR) is 69.6 cm³/mol. The van der Waals surface area contributed by atoms with Crippen molar-refractivity contribution in [1.29, 1.82) is 0 Å². The lowest BCUT2D eigenvalue weighted by atomic mass is 10.1. The van der Waals surface area contributed by atoms with Crippen molar-refractivity contribution in [3.63, 3.8) is 0 Å². The number of esters is 1. The summed E-state index contributed by atoms with van der Waals surface area (Å²) >= 11 is 0. The number of ether oxygens (including phenoxy) is 1. The van der Waals surface area contributed by atoms with Crippen LogP contribution in [0.3, 0.4) is 0 Å². The van der Waals surface area contributed by atoms with Crippen molar-refractivity contribution in [2.75, 3.05) is 13.1 Å². The summed E-state index contributed by atoms with van der Waals surface area (Å²) in [5, 5.41) is 3.16. The second-order valence-electron chi connectivity index (χ2n) is 4.89. The summed E-state index contributed by atoms with van der Waals surface area (Å²) in [5.74, 6) is -0.330. The summed E-state index contributed by atoms with van der Waals surface area (Å²) in [6.07, 6.45) is 3.28. The first-order chi connectivity index (χ1) is 7.87. The van der Waals surface area contributed by atoms with Gasteiger partial charge >= 0.3 is 5.97 Å². The molecule has 0 aromatic carbocycles. The maximum atomic E-state index is 11.5. The highest BCUT2D eigenvalue weighted by Gasteiger charge is 2.21. The number of nitrogens with one attached hydrogen (secondary N) is 1. The molecule has 0 spiro atoms. The number of nitrogens with two attached hydrogens (primary N) is 1. The van der Waals surface area contributed by atoms with Crippen molar-refractivity contribution < 1.29 is 9.53 Å². The summed E-state index contributed by atoms with van der Waals surface area (Å²) in [6, 6.07) is -0.536. The standard InChI is InChI=1S/C13H24N2O2/c1-5-6-9-15-10-7-8-11(14)12(16)17-13(2,3)4/h6,11,15H,1,7-10,14H2,2-4H3. The molecular weight excluding hydrogens is 216 g/mol. The van der Waals surface area contributed by atoms with Crippen molar-refractivity contribution in [2.24, 2.45) is 5.73 Å². The lowest BCUT2D eigenvalue weighted by Gasteiger charge is -2.22. The Morgan fingerprint density at radius 3 is 2.76 bits per heavy atom. The van der Waals surface area contributed by atoms with E-state index in [1.54, 1.807) is 0 Å². The van der Waals surface area contributed by atoms with E-state index >= 15 is 0 Å². The molecule has 0 aliphatic carbocycles. The topological polar surface area (TPSA) is 64.3 Å². The van der Waals surface area contributed by atoms with Crippen LogP contribution in [0.5, 0.6) is 0 Å². The molecule has 0 amide bonds. The Bertz CT molecular complexity index is 276. The number of rotatable bonds is 7. The maximum absolute atomic E-state index is 11.5. The minimum Gasteiger partial charge on any atom is -0.459 e. The van der Waals surface area contributed by atoms with Gasteiger partial charge in [-0.1, -0.05) is 6.58 Å². The molecule has 0 aliphatic heterocycles. The fourth-order valence-corrected chi connectivity index (χ4v) is 1.19. The molecule has 4 heteroatoms. The van der Waals surface area contributed by atoms with Gasteiger partial charge in [0.15, 0.2) is 0 Å². The molecule has 0 saturated carbocycles. The third kappa shape index (κ3) is 9.82. The molecule has 0 saturated heterocycles. The highest BCUT2D eigenvalue weighted by molar-refractivity contribution is 5.75. The van der Waals surface area contributed by atoms with Gasteiger partial charge in [-0.15, -0.1) is 5.73 Å². The van der Waals surface area contributed by atoms with Crippen LogP contribution < -0.4 is 11.1 Å². The molecule has 0 bridgehead atoms. The summed E-state index contributed by atoms with van der Waals surface area (Å²) in [7, 11) is 0. The molecule has 4 nitrogen and oxygen atoms in total. The molecule has 0 heterocycles. The fourth-order valence-electron chi connectivity index (χ4n) is 1.19. The molecule has 0 fully saturated rings. The van der Waals surface area contributed by atoms with Crippen molar-refractivity contribution in [3.8, 4) is 0 Å². The smallest absolute Gasteiger partial charge is 0.323 e. The van der Waals surface area contributed by atoms with Crippen LogP contribution >= 0.6 is 0 Å². The Hall–Kier alpha value is -1.09.